The van der Waals surface area contributed by atoms with Crippen molar-refractivity contribution in [2.45, 2.75) is 20.8 Å². The molecule has 0 saturated carbocycles. The zero-order valence-corrected chi connectivity index (χ0v) is 10.8. The summed E-state index contributed by atoms with van der Waals surface area (Å²) in [6.45, 7) is 5.46. The highest BCUT2D eigenvalue weighted by Crippen LogP contribution is 2.30. The van der Waals surface area contributed by atoms with Gasteiger partial charge in [-0.05, 0) is 32.4 Å². The predicted molar refractivity (Wildman–Crippen MR) is 68.8 cm³/mol. The van der Waals surface area contributed by atoms with E-state index in [1.165, 1.54) is 0 Å². The highest BCUT2D eigenvalue weighted by molar-refractivity contribution is 6.40. The lowest BCUT2D eigenvalue weighted by atomic mass is 10.1. The summed E-state index contributed by atoms with van der Waals surface area (Å²) in [6.07, 6.45) is 0. The number of hydrogen-bond acceptors (Lipinski definition) is 1. The molecule has 0 saturated heterocycles. The molecule has 2 nitrogen and oxygen atoms in total. The maximum Gasteiger partial charge on any atom is 0.194 e. The Labute approximate surface area is 103 Å². The van der Waals surface area contributed by atoms with Gasteiger partial charge in [-0.2, -0.15) is 0 Å². The lowest BCUT2D eigenvalue weighted by Gasteiger charge is -2.09. The topological polar surface area (TPSA) is 32.9 Å². The van der Waals surface area contributed by atoms with Crippen LogP contribution in [0, 0.1) is 20.8 Å². The highest BCUT2D eigenvalue weighted by Gasteiger charge is 2.13. The molecule has 1 aromatic carbocycles. The van der Waals surface area contributed by atoms with E-state index in [4.69, 9.17) is 23.2 Å². The molecule has 2 aromatic rings. The van der Waals surface area contributed by atoms with E-state index in [9.17, 15) is 4.79 Å². The summed E-state index contributed by atoms with van der Waals surface area (Å²) in [5.41, 5.74) is 2.87. The summed E-state index contributed by atoms with van der Waals surface area (Å²) in [7, 11) is 0. The van der Waals surface area contributed by atoms with Gasteiger partial charge in [0.05, 0.1) is 20.9 Å². The van der Waals surface area contributed by atoms with Crippen molar-refractivity contribution in [2.24, 2.45) is 0 Å². The summed E-state index contributed by atoms with van der Waals surface area (Å²) < 4.78 is 0. The van der Waals surface area contributed by atoms with Crippen LogP contribution in [0.25, 0.3) is 10.9 Å². The van der Waals surface area contributed by atoms with Gasteiger partial charge in [0.15, 0.2) is 5.43 Å². The lowest BCUT2D eigenvalue weighted by Crippen LogP contribution is -2.10. The number of aromatic amines is 1. The number of aryl methyl sites for hydroxylation is 2. The Kier molecular flexibility index (Phi) is 2.72. The molecule has 0 aliphatic carbocycles. The van der Waals surface area contributed by atoms with Crippen LogP contribution in [-0.4, -0.2) is 4.98 Å². The summed E-state index contributed by atoms with van der Waals surface area (Å²) in [6, 6.07) is 1.76. The SMILES string of the molecule is Cc1cc(Cl)c2[nH]c(C)c(C)c(=O)c2c1Cl. The Morgan fingerprint density at radius 2 is 1.81 bits per heavy atom. The second-order valence-corrected chi connectivity index (χ2v) is 4.73. The first-order chi connectivity index (χ1) is 7.43. The molecular weight excluding hydrogens is 245 g/mol. The van der Waals surface area contributed by atoms with Gasteiger partial charge in [0.2, 0.25) is 0 Å². The highest BCUT2D eigenvalue weighted by atomic mass is 35.5. The zero-order valence-electron chi connectivity index (χ0n) is 9.24. The molecule has 0 unspecified atom stereocenters. The number of hydrogen-bond donors (Lipinski definition) is 1. The Hall–Kier alpha value is -0.990. The number of halogens is 2. The Balaban J connectivity index is 3.14. The first-order valence-corrected chi connectivity index (χ1v) is 5.67. The van der Waals surface area contributed by atoms with E-state index < -0.39 is 0 Å². The van der Waals surface area contributed by atoms with E-state index in [1.807, 2.05) is 13.8 Å². The number of aromatic nitrogens is 1. The van der Waals surface area contributed by atoms with Crippen LogP contribution < -0.4 is 5.43 Å². The minimum atomic E-state index is -0.0538. The van der Waals surface area contributed by atoms with E-state index in [0.29, 0.717) is 26.5 Å². The van der Waals surface area contributed by atoms with E-state index in [0.717, 1.165) is 11.3 Å². The second kappa shape index (κ2) is 3.79. The van der Waals surface area contributed by atoms with Crippen LogP contribution >= 0.6 is 23.2 Å². The molecule has 16 heavy (non-hydrogen) atoms. The van der Waals surface area contributed by atoms with Crippen molar-refractivity contribution in [3.8, 4) is 0 Å². The maximum atomic E-state index is 12.1. The molecule has 0 radical (unpaired) electrons. The van der Waals surface area contributed by atoms with Crippen LogP contribution in [-0.2, 0) is 0 Å². The molecule has 0 aliphatic heterocycles. The number of fused-ring (bicyclic) bond motifs is 1. The van der Waals surface area contributed by atoms with Gasteiger partial charge in [0.25, 0.3) is 0 Å². The van der Waals surface area contributed by atoms with Crippen LogP contribution in [0.5, 0.6) is 0 Å². The Bertz CT molecular complexity index is 644. The Morgan fingerprint density at radius 1 is 1.19 bits per heavy atom. The van der Waals surface area contributed by atoms with Crippen molar-refractivity contribution in [3.63, 3.8) is 0 Å². The molecule has 1 heterocycles. The number of pyridine rings is 1. The van der Waals surface area contributed by atoms with Crippen molar-refractivity contribution in [1.82, 2.24) is 4.98 Å². The Morgan fingerprint density at radius 3 is 2.44 bits per heavy atom. The largest absolute Gasteiger partial charge is 0.357 e. The molecule has 1 N–H and O–H groups in total. The molecule has 0 spiro atoms. The van der Waals surface area contributed by atoms with Gasteiger partial charge in [-0.25, -0.2) is 0 Å². The van der Waals surface area contributed by atoms with E-state index in [1.54, 1.807) is 13.0 Å². The van der Waals surface area contributed by atoms with Crippen LogP contribution in [0.2, 0.25) is 10.0 Å². The molecule has 0 amide bonds. The fourth-order valence-corrected chi connectivity index (χ4v) is 2.27. The van der Waals surface area contributed by atoms with Crippen molar-refractivity contribution < 1.29 is 0 Å². The summed E-state index contributed by atoms with van der Waals surface area (Å²) >= 11 is 12.3. The van der Waals surface area contributed by atoms with Crippen LogP contribution in [0.3, 0.4) is 0 Å². The normalized spacial score (nSPS) is 11.1. The molecule has 0 atom stereocenters. The predicted octanol–water partition coefficient (Wildman–Crippen LogP) is 3.76. The molecule has 84 valence electrons. The molecule has 0 fully saturated rings. The molecule has 1 aromatic heterocycles. The zero-order chi connectivity index (χ0) is 12.0. The first-order valence-electron chi connectivity index (χ1n) is 4.91. The molecular formula is C12H11Cl2NO. The first kappa shape index (κ1) is 11.5. The molecule has 0 bridgehead atoms. The summed E-state index contributed by atoms with van der Waals surface area (Å²) in [4.78, 5) is 15.2. The van der Waals surface area contributed by atoms with E-state index in [-0.39, 0.29) is 5.43 Å². The number of benzene rings is 1. The average Bonchev–Trinajstić information content (AvgIpc) is 2.22. The van der Waals surface area contributed by atoms with Crippen LogP contribution in [0.15, 0.2) is 10.9 Å². The number of nitrogens with one attached hydrogen (secondary N) is 1. The van der Waals surface area contributed by atoms with Gasteiger partial charge in [0, 0.05) is 11.3 Å². The minimum Gasteiger partial charge on any atom is -0.357 e. The number of rotatable bonds is 0. The third-order valence-corrected chi connectivity index (χ3v) is 3.63. The van der Waals surface area contributed by atoms with Gasteiger partial charge in [-0.1, -0.05) is 23.2 Å². The summed E-state index contributed by atoms with van der Waals surface area (Å²) in [5, 5.41) is 1.48. The fourth-order valence-electron chi connectivity index (χ4n) is 1.73. The fraction of sp³-hybridized carbons (Fsp3) is 0.250. The quantitative estimate of drug-likeness (QED) is 0.764. The monoisotopic (exact) mass is 255 g/mol. The standard InChI is InChI=1S/C12H11Cl2NO/c1-5-4-8(13)11-9(10(5)14)12(16)6(2)7(3)15-11/h4H,1-3H3,(H,15,16). The van der Waals surface area contributed by atoms with Gasteiger partial charge in [-0.15, -0.1) is 0 Å². The van der Waals surface area contributed by atoms with Crippen molar-refractivity contribution >= 4 is 34.1 Å². The summed E-state index contributed by atoms with van der Waals surface area (Å²) in [5.74, 6) is 0. The van der Waals surface area contributed by atoms with E-state index in [2.05, 4.69) is 4.98 Å². The van der Waals surface area contributed by atoms with Crippen LogP contribution in [0.4, 0.5) is 0 Å². The smallest absolute Gasteiger partial charge is 0.194 e. The number of H-pyrrole nitrogens is 1. The molecule has 2 rings (SSSR count). The molecule has 0 aliphatic rings. The van der Waals surface area contributed by atoms with Gasteiger partial charge in [0.1, 0.15) is 0 Å². The van der Waals surface area contributed by atoms with Crippen molar-refractivity contribution in [2.75, 3.05) is 0 Å². The van der Waals surface area contributed by atoms with Crippen molar-refractivity contribution in [3.05, 3.63) is 43.2 Å². The van der Waals surface area contributed by atoms with Crippen LogP contribution in [0.1, 0.15) is 16.8 Å². The minimum absolute atomic E-state index is 0.0538. The van der Waals surface area contributed by atoms with Crippen molar-refractivity contribution in [1.29, 1.82) is 0 Å². The molecule has 4 heteroatoms. The van der Waals surface area contributed by atoms with E-state index >= 15 is 0 Å². The lowest BCUT2D eigenvalue weighted by molar-refractivity contribution is 1.17. The average molecular weight is 256 g/mol. The third-order valence-electron chi connectivity index (χ3n) is 2.84. The maximum absolute atomic E-state index is 12.1. The third kappa shape index (κ3) is 1.53. The van der Waals surface area contributed by atoms with Gasteiger partial charge >= 0.3 is 0 Å². The van der Waals surface area contributed by atoms with Gasteiger partial charge < -0.3 is 4.98 Å². The van der Waals surface area contributed by atoms with Gasteiger partial charge in [-0.3, -0.25) is 4.79 Å². The second-order valence-electron chi connectivity index (χ2n) is 3.94.